The Labute approximate surface area is 130 Å². The summed E-state index contributed by atoms with van der Waals surface area (Å²) >= 11 is 0. The summed E-state index contributed by atoms with van der Waals surface area (Å²) in [6, 6.07) is 9.48. The number of benzene rings is 1. The van der Waals surface area contributed by atoms with Crippen LogP contribution in [-0.4, -0.2) is 16.5 Å². The number of hydrogen-bond acceptors (Lipinski definition) is 3. The van der Waals surface area contributed by atoms with Crippen molar-refractivity contribution in [1.29, 1.82) is 0 Å². The molecule has 0 spiro atoms. The molecule has 7 heteroatoms. The van der Waals surface area contributed by atoms with Gasteiger partial charge in [0, 0.05) is 18.3 Å². The second kappa shape index (κ2) is 5.58. The van der Waals surface area contributed by atoms with Gasteiger partial charge in [0.15, 0.2) is 0 Å². The van der Waals surface area contributed by atoms with E-state index in [1.54, 1.807) is 31.4 Å². The van der Waals surface area contributed by atoms with Crippen LogP contribution in [0.4, 0.5) is 13.2 Å². The van der Waals surface area contributed by atoms with E-state index in [-0.39, 0.29) is 6.54 Å². The van der Waals surface area contributed by atoms with Crippen molar-refractivity contribution >= 4 is 5.65 Å². The van der Waals surface area contributed by atoms with E-state index in [0.717, 1.165) is 17.8 Å². The molecule has 0 aliphatic carbocycles. The van der Waals surface area contributed by atoms with Crippen molar-refractivity contribution in [3.05, 3.63) is 53.9 Å². The number of halogens is 3. The average molecular weight is 321 g/mol. The molecule has 2 heterocycles. The molecular weight excluding hydrogens is 307 g/mol. The fourth-order valence-corrected chi connectivity index (χ4v) is 2.44. The smallest absolute Gasteiger partial charge is 0.417 e. The maximum atomic E-state index is 12.9. The lowest BCUT2D eigenvalue weighted by molar-refractivity contribution is -0.137. The molecule has 120 valence electrons. The highest BCUT2D eigenvalue weighted by molar-refractivity contribution is 5.67. The first kappa shape index (κ1) is 15.4. The Balaban J connectivity index is 2.17. The first-order valence-electron chi connectivity index (χ1n) is 6.86. The van der Waals surface area contributed by atoms with Crippen molar-refractivity contribution < 1.29 is 17.9 Å². The number of hydrogen-bond donors (Lipinski definition) is 1. The van der Waals surface area contributed by atoms with Crippen LogP contribution in [0.5, 0.6) is 5.75 Å². The number of pyridine rings is 1. The Morgan fingerprint density at radius 3 is 2.39 bits per heavy atom. The predicted octanol–water partition coefficient (Wildman–Crippen LogP) is 3.49. The Hall–Kier alpha value is -2.54. The molecule has 0 aliphatic heterocycles. The van der Waals surface area contributed by atoms with Crippen molar-refractivity contribution in [2.45, 2.75) is 12.7 Å². The number of imidazole rings is 1. The van der Waals surface area contributed by atoms with Crippen LogP contribution in [0.1, 0.15) is 11.3 Å². The van der Waals surface area contributed by atoms with Gasteiger partial charge in [-0.15, -0.1) is 0 Å². The van der Waals surface area contributed by atoms with Crippen molar-refractivity contribution in [3.8, 4) is 17.0 Å². The van der Waals surface area contributed by atoms with E-state index in [2.05, 4.69) is 4.98 Å². The van der Waals surface area contributed by atoms with E-state index in [1.807, 2.05) is 0 Å². The van der Waals surface area contributed by atoms with Gasteiger partial charge < -0.3 is 14.9 Å². The molecule has 2 aromatic heterocycles. The second-order valence-corrected chi connectivity index (χ2v) is 4.98. The van der Waals surface area contributed by atoms with Gasteiger partial charge in [-0.1, -0.05) is 0 Å². The Kier molecular flexibility index (Phi) is 3.73. The van der Waals surface area contributed by atoms with E-state index in [4.69, 9.17) is 10.5 Å². The number of nitrogens with two attached hydrogens (primary N) is 1. The number of aromatic nitrogens is 2. The molecule has 0 bridgehead atoms. The van der Waals surface area contributed by atoms with Gasteiger partial charge >= 0.3 is 6.18 Å². The standard InChI is InChI=1S/C16H14F3N3O/c1-23-12-5-2-10(3-6-12)15-13(8-20)22-9-11(16(17,18)19)4-7-14(22)21-15/h2-7,9H,8,20H2,1H3. The highest BCUT2D eigenvalue weighted by Gasteiger charge is 2.31. The van der Waals surface area contributed by atoms with Gasteiger partial charge in [0.05, 0.1) is 24.1 Å². The lowest BCUT2D eigenvalue weighted by Gasteiger charge is -2.08. The normalized spacial score (nSPS) is 11.9. The van der Waals surface area contributed by atoms with E-state index >= 15 is 0 Å². The summed E-state index contributed by atoms with van der Waals surface area (Å²) in [5.41, 5.74) is 7.29. The Morgan fingerprint density at radius 1 is 1.13 bits per heavy atom. The monoisotopic (exact) mass is 321 g/mol. The summed E-state index contributed by atoms with van der Waals surface area (Å²) in [7, 11) is 1.56. The van der Waals surface area contributed by atoms with Gasteiger partial charge in [-0.25, -0.2) is 4.98 Å². The fourth-order valence-electron chi connectivity index (χ4n) is 2.44. The number of nitrogens with zero attached hydrogens (tertiary/aromatic N) is 2. The van der Waals surface area contributed by atoms with Crippen LogP contribution < -0.4 is 10.5 Å². The molecule has 23 heavy (non-hydrogen) atoms. The number of rotatable bonds is 3. The highest BCUT2D eigenvalue weighted by atomic mass is 19.4. The lowest BCUT2D eigenvalue weighted by Crippen LogP contribution is -2.08. The molecular formula is C16H14F3N3O. The highest BCUT2D eigenvalue weighted by Crippen LogP contribution is 2.31. The maximum absolute atomic E-state index is 12.9. The van der Waals surface area contributed by atoms with Crippen LogP contribution in [0.3, 0.4) is 0 Å². The fraction of sp³-hybridized carbons (Fsp3) is 0.188. The van der Waals surface area contributed by atoms with Crippen molar-refractivity contribution in [1.82, 2.24) is 9.38 Å². The Bertz CT molecular complexity index is 838. The number of fused-ring (bicyclic) bond motifs is 1. The molecule has 0 fully saturated rings. The third-order valence-electron chi connectivity index (χ3n) is 3.60. The third kappa shape index (κ3) is 2.75. The summed E-state index contributed by atoms with van der Waals surface area (Å²) < 4.78 is 45.1. The van der Waals surface area contributed by atoms with Crippen LogP contribution in [0.25, 0.3) is 16.9 Å². The van der Waals surface area contributed by atoms with E-state index < -0.39 is 11.7 Å². The molecule has 0 saturated heterocycles. The number of ether oxygens (including phenoxy) is 1. The van der Waals surface area contributed by atoms with Crippen LogP contribution in [0.15, 0.2) is 42.6 Å². The van der Waals surface area contributed by atoms with Gasteiger partial charge in [-0.05, 0) is 36.4 Å². The number of methoxy groups -OCH3 is 1. The average Bonchev–Trinajstić information content (AvgIpc) is 2.91. The molecule has 2 N–H and O–H groups in total. The van der Waals surface area contributed by atoms with Crippen molar-refractivity contribution in [2.24, 2.45) is 5.73 Å². The molecule has 4 nitrogen and oxygen atoms in total. The van der Waals surface area contributed by atoms with Gasteiger partial charge in [0.1, 0.15) is 11.4 Å². The minimum Gasteiger partial charge on any atom is -0.497 e. The molecule has 0 unspecified atom stereocenters. The summed E-state index contributed by atoms with van der Waals surface area (Å²) in [6.45, 7) is 0.0733. The van der Waals surface area contributed by atoms with Crippen LogP contribution in [-0.2, 0) is 12.7 Å². The second-order valence-electron chi connectivity index (χ2n) is 4.98. The summed E-state index contributed by atoms with van der Waals surface area (Å²) in [5, 5.41) is 0. The molecule has 3 aromatic rings. The zero-order valence-corrected chi connectivity index (χ0v) is 12.3. The van der Waals surface area contributed by atoms with Gasteiger partial charge in [0.25, 0.3) is 0 Å². The summed E-state index contributed by atoms with van der Waals surface area (Å²) in [5.74, 6) is 0.686. The molecule has 0 amide bonds. The quantitative estimate of drug-likeness (QED) is 0.803. The van der Waals surface area contributed by atoms with Crippen LogP contribution >= 0.6 is 0 Å². The van der Waals surface area contributed by atoms with Gasteiger partial charge in [0.2, 0.25) is 0 Å². The summed E-state index contributed by atoms with van der Waals surface area (Å²) in [6.07, 6.45) is -3.39. The van der Waals surface area contributed by atoms with E-state index in [0.29, 0.717) is 22.8 Å². The first-order chi connectivity index (χ1) is 10.9. The van der Waals surface area contributed by atoms with E-state index in [9.17, 15) is 13.2 Å². The zero-order valence-electron chi connectivity index (χ0n) is 12.3. The van der Waals surface area contributed by atoms with Crippen LogP contribution in [0, 0.1) is 0 Å². The van der Waals surface area contributed by atoms with E-state index in [1.165, 1.54) is 10.5 Å². The largest absolute Gasteiger partial charge is 0.497 e. The zero-order chi connectivity index (χ0) is 16.6. The molecule has 0 atom stereocenters. The number of alkyl halides is 3. The minimum atomic E-state index is -4.41. The minimum absolute atomic E-state index is 0.0733. The van der Waals surface area contributed by atoms with Crippen LogP contribution in [0.2, 0.25) is 0 Å². The lowest BCUT2D eigenvalue weighted by atomic mass is 10.1. The molecule has 0 saturated carbocycles. The van der Waals surface area contributed by atoms with Gasteiger partial charge in [-0.3, -0.25) is 0 Å². The van der Waals surface area contributed by atoms with Crippen molar-refractivity contribution in [3.63, 3.8) is 0 Å². The molecule has 0 aliphatic rings. The molecule has 3 rings (SSSR count). The first-order valence-corrected chi connectivity index (χ1v) is 6.86. The van der Waals surface area contributed by atoms with Crippen molar-refractivity contribution in [2.75, 3.05) is 7.11 Å². The maximum Gasteiger partial charge on any atom is 0.417 e. The van der Waals surface area contributed by atoms with Gasteiger partial charge in [-0.2, -0.15) is 13.2 Å². The molecule has 1 aromatic carbocycles. The predicted molar refractivity (Wildman–Crippen MR) is 80.1 cm³/mol. The SMILES string of the molecule is COc1ccc(-c2nc3ccc(C(F)(F)F)cn3c2CN)cc1. The topological polar surface area (TPSA) is 52.5 Å². The molecule has 0 radical (unpaired) electrons. The third-order valence-corrected chi connectivity index (χ3v) is 3.60. The summed E-state index contributed by atoms with van der Waals surface area (Å²) in [4.78, 5) is 4.41. The Morgan fingerprint density at radius 2 is 1.83 bits per heavy atom.